The van der Waals surface area contributed by atoms with Crippen LogP contribution >= 0.6 is 0 Å². The van der Waals surface area contributed by atoms with Gasteiger partial charge in [0.2, 0.25) is 0 Å². The molecule has 0 radical (unpaired) electrons. The molecule has 0 saturated carbocycles. The van der Waals surface area contributed by atoms with Crippen molar-refractivity contribution in [1.82, 2.24) is 0 Å². The minimum Gasteiger partial charge on any atom is -0.494 e. The highest BCUT2D eigenvalue weighted by molar-refractivity contribution is 5.83. The highest BCUT2D eigenvalue weighted by atomic mass is 16.6. The van der Waals surface area contributed by atoms with Crippen LogP contribution in [0.2, 0.25) is 0 Å². The molecule has 0 atom stereocenters. The maximum atomic E-state index is 11.2. The average Bonchev–Trinajstić information content (AvgIpc) is 2.54. The van der Waals surface area contributed by atoms with Crippen LogP contribution in [0.5, 0.6) is 5.75 Å². The van der Waals surface area contributed by atoms with Crippen molar-refractivity contribution >= 4 is 17.6 Å². The van der Waals surface area contributed by atoms with Crippen LogP contribution in [0.25, 0.3) is 0 Å². The van der Waals surface area contributed by atoms with Gasteiger partial charge in [-0.25, -0.2) is 0 Å². The zero-order valence-corrected chi connectivity index (χ0v) is 13.5. The SMILES string of the molecule is CCOc1ccc(N=Cc2ccc(C(C)C)c([N+](=O)[O-])c2)cc1. The van der Waals surface area contributed by atoms with Gasteiger partial charge in [-0.15, -0.1) is 0 Å². The number of benzene rings is 2. The number of hydrogen-bond donors (Lipinski definition) is 0. The Morgan fingerprint density at radius 2 is 1.91 bits per heavy atom. The van der Waals surface area contributed by atoms with Crippen LogP contribution < -0.4 is 4.74 Å². The molecule has 0 unspecified atom stereocenters. The van der Waals surface area contributed by atoms with Gasteiger partial charge in [-0.05, 0) is 42.7 Å². The molecule has 0 amide bonds. The Balaban J connectivity index is 2.22. The third-order valence-corrected chi connectivity index (χ3v) is 3.38. The van der Waals surface area contributed by atoms with Crippen LogP contribution in [0.1, 0.15) is 37.8 Å². The number of ether oxygens (including phenoxy) is 1. The first-order valence-electron chi connectivity index (χ1n) is 7.56. The number of aliphatic imine (C=N–C) groups is 1. The summed E-state index contributed by atoms with van der Waals surface area (Å²) in [7, 11) is 0. The molecule has 0 heterocycles. The van der Waals surface area contributed by atoms with Crippen molar-refractivity contribution < 1.29 is 9.66 Å². The first-order chi connectivity index (χ1) is 11.0. The van der Waals surface area contributed by atoms with E-state index in [1.54, 1.807) is 18.3 Å². The molecule has 5 heteroatoms. The predicted octanol–water partition coefficient (Wildman–Crippen LogP) is 4.87. The minimum absolute atomic E-state index is 0.104. The lowest BCUT2D eigenvalue weighted by Gasteiger charge is -2.06. The van der Waals surface area contributed by atoms with Gasteiger partial charge >= 0.3 is 0 Å². The molecule has 0 bridgehead atoms. The fourth-order valence-electron chi connectivity index (χ4n) is 2.23. The fourth-order valence-corrected chi connectivity index (χ4v) is 2.23. The highest BCUT2D eigenvalue weighted by Gasteiger charge is 2.16. The van der Waals surface area contributed by atoms with E-state index < -0.39 is 0 Å². The van der Waals surface area contributed by atoms with Gasteiger partial charge < -0.3 is 4.74 Å². The molecular weight excluding hydrogens is 292 g/mol. The van der Waals surface area contributed by atoms with Gasteiger partial charge in [0.1, 0.15) is 5.75 Å². The molecule has 5 nitrogen and oxygen atoms in total. The lowest BCUT2D eigenvalue weighted by molar-refractivity contribution is -0.385. The Hall–Kier alpha value is -2.69. The molecular formula is C18H20N2O3. The van der Waals surface area contributed by atoms with Crippen molar-refractivity contribution in [3.63, 3.8) is 0 Å². The first-order valence-corrected chi connectivity index (χ1v) is 7.56. The van der Waals surface area contributed by atoms with Gasteiger partial charge in [0.05, 0.1) is 17.2 Å². The smallest absolute Gasteiger partial charge is 0.273 e. The number of nitro benzene ring substituents is 1. The number of hydrogen-bond acceptors (Lipinski definition) is 4. The maximum Gasteiger partial charge on any atom is 0.273 e. The molecule has 2 aromatic rings. The molecule has 0 fully saturated rings. The summed E-state index contributed by atoms with van der Waals surface area (Å²) in [4.78, 5) is 15.2. The van der Waals surface area contributed by atoms with Crippen molar-refractivity contribution in [3.8, 4) is 5.75 Å². The Kier molecular flexibility index (Phi) is 5.46. The van der Waals surface area contributed by atoms with Crippen LogP contribution in [-0.2, 0) is 0 Å². The molecule has 0 aliphatic heterocycles. The van der Waals surface area contributed by atoms with Crippen molar-refractivity contribution in [2.45, 2.75) is 26.7 Å². The largest absolute Gasteiger partial charge is 0.494 e. The second-order valence-corrected chi connectivity index (χ2v) is 5.42. The van der Waals surface area contributed by atoms with Gasteiger partial charge in [-0.1, -0.05) is 26.0 Å². The van der Waals surface area contributed by atoms with Crippen LogP contribution in [-0.4, -0.2) is 17.7 Å². The Morgan fingerprint density at radius 1 is 1.22 bits per heavy atom. The summed E-state index contributed by atoms with van der Waals surface area (Å²) in [5.41, 5.74) is 2.34. The summed E-state index contributed by atoms with van der Waals surface area (Å²) in [5.74, 6) is 0.899. The van der Waals surface area contributed by atoms with Crippen LogP contribution in [0, 0.1) is 10.1 Å². The summed E-state index contributed by atoms with van der Waals surface area (Å²) < 4.78 is 5.37. The standard InChI is InChI=1S/C18H20N2O3/c1-4-23-16-8-6-15(7-9-16)19-12-14-5-10-17(13(2)3)18(11-14)20(21)22/h5-13H,4H2,1-3H3. The minimum atomic E-state index is -0.344. The van der Waals surface area contributed by atoms with E-state index in [0.717, 1.165) is 17.0 Å². The molecule has 0 saturated heterocycles. The van der Waals surface area contributed by atoms with Crippen molar-refractivity contribution in [2.75, 3.05) is 6.61 Å². The van der Waals surface area contributed by atoms with Crippen LogP contribution in [0.3, 0.4) is 0 Å². The monoisotopic (exact) mass is 312 g/mol. The average molecular weight is 312 g/mol. The zero-order chi connectivity index (χ0) is 16.8. The van der Waals surface area contributed by atoms with Gasteiger partial charge in [0.15, 0.2) is 0 Å². The van der Waals surface area contributed by atoms with Gasteiger partial charge in [0, 0.05) is 17.8 Å². The maximum absolute atomic E-state index is 11.2. The zero-order valence-electron chi connectivity index (χ0n) is 13.5. The topological polar surface area (TPSA) is 64.7 Å². The predicted molar refractivity (Wildman–Crippen MR) is 92.1 cm³/mol. The molecule has 0 aromatic heterocycles. The third-order valence-electron chi connectivity index (χ3n) is 3.38. The second kappa shape index (κ2) is 7.54. The number of nitrogens with zero attached hydrogens (tertiary/aromatic N) is 2. The fraction of sp³-hybridized carbons (Fsp3) is 0.278. The summed E-state index contributed by atoms with van der Waals surface area (Å²) >= 11 is 0. The summed E-state index contributed by atoms with van der Waals surface area (Å²) in [6.07, 6.45) is 1.63. The van der Waals surface area contributed by atoms with E-state index >= 15 is 0 Å². The summed E-state index contributed by atoms with van der Waals surface area (Å²) in [5, 5.41) is 11.2. The van der Waals surface area contributed by atoms with Gasteiger partial charge in [0.25, 0.3) is 5.69 Å². The van der Waals surface area contributed by atoms with E-state index in [1.807, 2.05) is 51.1 Å². The Morgan fingerprint density at radius 3 is 2.48 bits per heavy atom. The van der Waals surface area contributed by atoms with E-state index in [4.69, 9.17) is 4.74 Å². The molecule has 2 rings (SSSR count). The number of rotatable bonds is 6. The molecule has 2 aromatic carbocycles. The second-order valence-electron chi connectivity index (χ2n) is 5.42. The molecule has 0 aliphatic rings. The molecule has 0 spiro atoms. The van der Waals surface area contributed by atoms with Gasteiger partial charge in [-0.3, -0.25) is 15.1 Å². The Labute approximate surface area is 135 Å². The molecule has 120 valence electrons. The quantitative estimate of drug-likeness (QED) is 0.434. The van der Waals surface area contributed by atoms with Crippen LogP contribution in [0.4, 0.5) is 11.4 Å². The van der Waals surface area contributed by atoms with Crippen molar-refractivity contribution in [1.29, 1.82) is 0 Å². The molecule has 0 aliphatic carbocycles. The highest BCUT2D eigenvalue weighted by Crippen LogP contribution is 2.27. The molecule has 0 N–H and O–H groups in total. The lowest BCUT2D eigenvalue weighted by Crippen LogP contribution is -1.98. The van der Waals surface area contributed by atoms with E-state index in [2.05, 4.69) is 4.99 Å². The van der Waals surface area contributed by atoms with E-state index in [-0.39, 0.29) is 16.5 Å². The van der Waals surface area contributed by atoms with E-state index in [1.165, 1.54) is 0 Å². The summed E-state index contributed by atoms with van der Waals surface area (Å²) in [6.45, 7) is 6.43. The first kappa shape index (κ1) is 16.7. The van der Waals surface area contributed by atoms with Crippen molar-refractivity contribution in [2.24, 2.45) is 4.99 Å². The number of nitro groups is 1. The van der Waals surface area contributed by atoms with Crippen LogP contribution in [0.15, 0.2) is 47.5 Å². The molecule has 23 heavy (non-hydrogen) atoms. The third kappa shape index (κ3) is 4.39. The van der Waals surface area contributed by atoms with Crippen molar-refractivity contribution in [3.05, 3.63) is 63.7 Å². The normalized spacial score (nSPS) is 11.1. The van der Waals surface area contributed by atoms with E-state index in [0.29, 0.717) is 12.2 Å². The summed E-state index contributed by atoms with van der Waals surface area (Å²) in [6, 6.07) is 12.6. The van der Waals surface area contributed by atoms with E-state index in [9.17, 15) is 10.1 Å². The Bertz CT molecular complexity index is 707. The lowest BCUT2D eigenvalue weighted by atomic mass is 9.99. The van der Waals surface area contributed by atoms with Gasteiger partial charge in [-0.2, -0.15) is 0 Å².